The van der Waals surface area contributed by atoms with Crippen LogP contribution in [0.2, 0.25) is 0 Å². The molecule has 21 heavy (non-hydrogen) atoms. The molecule has 0 bridgehead atoms. The highest BCUT2D eigenvalue weighted by Gasteiger charge is 2.24. The third-order valence-corrected chi connectivity index (χ3v) is 4.83. The first-order chi connectivity index (χ1) is 10.1. The van der Waals surface area contributed by atoms with E-state index in [1.165, 1.54) is 11.8 Å². The topological polar surface area (TPSA) is 67.4 Å². The molecule has 0 aliphatic carbocycles. The van der Waals surface area contributed by atoms with Gasteiger partial charge in [0.05, 0.1) is 23.6 Å². The van der Waals surface area contributed by atoms with E-state index in [9.17, 15) is 9.59 Å². The molecule has 0 aromatic heterocycles. The molecule has 1 aromatic carbocycles. The van der Waals surface area contributed by atoms with Gasteiger partial charge in [0.25, 0.3) is 5.91 Å². The molecule has 6 heteroatoms. The van der Waals surface area contributed by atoms with Crippen LogP contribution in [0.1, 0.15) is 30.1 Å². The molecule has 1 aromatic rings. The normalized spacial score (nSPS) is 22.3. The van der Waals surface area contributed by atoms with Crippen molar-refractivity contribution in [3.05, 3.63) is 23.8 Å². The predicted octanol–water partition coefficient (Wildman–Crippen LogP) is 2.03. The summed E-state index contributed by atoms with van der Waals surface area (Å²) in [5.41, 5.74) is 1.27. The number of anilines is 1. The quantitative estimate of drug-likeness (QED) is 0.896. The maximum Gasteiger partial charge on any atom is 0.251 e. The summed E-state index contributed by atoms with van der Waals surface area (Å²) in [4.78, 5) is 24.7. The number of carbonyl (C=O) groups excluding carboxylic acids is 2. The van der Waals surface area contributed by atoms with Crippen molar-refractivity contribution in [1.29, 1.82) is 0 Å². The van der Waals surface area contributed by atoms with Gasteiger partial charge < -0.3 is 15.4 Å². The molecule has 2 aliphatic rings. The Morgan fingerprint density at radius 1 is 1.52 bits per heavy atom. The number of ether oxygens (including phenoxy) is 1. The molecule has 5 nitrogen and oxygen atoms in total. The molecule has 2 aliphatic heterocycles. The lowest BCUT2D eigenvalue weighted by molar-refractivity contribution is -0.113. The van der Waals surface area contributed by atoms with Crippen LogP contribution in [0.15, 0.2) is 23.1 Å². The van der Waals surface area contributed by atoms with E-state index in [-0.39, 0.29) is 24.0 Å². The molecule has 2 amide bonds. The van der Waals surface area contributed by atoms with E-state index in [1.54, 1.807) is 12.1 Å². The van der Waals surface area contributed by atoms with Crippen molar-refractivity contribution in [2.75, 3.05) is 17.7 Å². The Morgan fingerprint density at radius 2 is 2.38 bits per heavy atom. The Hall–Kier alpha value is -1.53. The molecule has 3 rings (SSSR count). The maximum absolute atomic E-state index is 12.3. The fraction of sp³-hybridized carbons (Fsp3) is 0.467. The van der Waals surface area contributed by atoms with Gasteiger partial charge in [-0.15, -0.1) is 11.8 Å². The van der Waals surface area contributed by atoms with Crippen molar-refractivity contribution >= 4 is 29.3 Å². The third-order valence-electron chi connectivity index (χ3n) is 3.76. The number of hydrogen-bond donors (Lipinski definition) is 2. The SMILES string of the molecule is C[C@@H](NC(=O)c1ccc2c(c1)NC(=O)CS2)[C@H]1CCCO1. The fourth-order valence-electron chi connectivity index (χ4n) is 2.60. The van der Waals surface area contributed by atoms with Crippen LogP contribution < -0.4 is 10.6 Å². The molecule has 0 saturated carbocycles. The molecule has 0 unspecified atom stereocenters. The zero-order valence-corrected chi connectivity index (χ0v) is 12.7. The zero-order valence-electron chi connectivity index (χ0n) is 11.8. The monoisotopic (exact) mass is 306 g/mol. The first-order valence-electron chi connectivity index (χ1n) is 7.12. The molecule has 2 N–H and O–H groups in total. The summed E-state index contributed by atoms with van der Waals surface area (Å²) in [6.45, 7) is 2.73. The zero-order chi connectivity index (χ0) is 14.8. The highest BCUT2D eigenvalue weighted by Crippen LogP contribution is 2.32. The highest BCUT2D eigenvalue weighted by atomic mass is 32.2. The largest absolute Gasteiger partial charge is 0.376 e. The Labute approximate surface area is 127 Å². The first-order valence-corrected chi connectivity index (χ1v) is 8.11. The summed E-state index contributed by atoms with van der Waals surface area (Å²) in [6.07, 6.45) is 2.13. The summed E-state index contributed by atoms with van der Waals surface area (Å²) in [5, 5.41) is 5.77. The van der Waals surface area contributed by atoms with Gasteiger partial charge in [0.15, 0.2) is 0 Å². The second-order valence-corrected chi connectivity index (χ2v) is 6.38. The van der Waals surface area contributed by atoms with Crippen LogP contribution in [0.3, 0.4) is 0 Å². The number of hydrogen-bond acceptors (Lipinski definition) is 4. The second kappa shape index (κ2) is 6.07. The van der Waals surface area contributed by atoms with Gasteiger partial charge in [-0.25, -0.2) is 0 Å². The van der Waals surface area contributed by atoms with Crippen LogP contribution >= 0.6 is 11.8 Å². The van der Waals surface area contributed by atoms with Gasteiger partial charge >= 0.3 is 0 Å². The van der Waals surface area contributed by atoms with Gasteiger partial charge in [0.2, 0.25) is 5.91 Å². The number of carbonyl (C=O) groups is 2. The molecule has 0 spiro atoms. The van der Waals surface area contributed by atoms with Crippen molar-refractivity contribution in [1.82, 2.24) is 5.32 Å². The minimum absolute atomic E-state index is 0.0139. The van der Waals surface area contributed by atoms with E-state index < -0.39 is 0 Å². The summed E-state index contributed by atoms with van der Waals surface area (Å²) < 4.78 is 5.58. The minimum Gasteiger partial charge on any atom is -0.376 e. The molecule has 2 heterocycles. The third kappa shape index (κ3) is 3.22. The van der Waals surface area contributed by atoms with Gasteiger partial charge in [-0.1, -0.05) is 0 Å². The van der Waals surface area contributed by atoms with Crippen LogP contribution in [-0.2, 0) is 9.53 Å². The van der Waals surface area contributed by atoms with Crippen LogP contribution in [-0.4, -0.2) is 36.3 Å². The van der Waals surface area contributed by atoms with Gasteiger partial charge in [-0.05, 0) is 38.0 Å². The van der Waals surface area contributed by atoms with E-state index in [1.807, 2.05) is 13.0 Å². The van der Waals surface area contributed by atoms with E-state index in [4.69, 9.17) is 4.74 Å². The summed E-state index contributed by atoms with van der Waals surface area (Å²) in [7, 11) is 0. The van der Waals surface area contributed by atoms with E-state index in [2.05, 4.69) is 10.6 Å². The molecule has 0 radical (unpaired) electrons. The number of fused-ring (bicyclic) bond motifs is 1. The first kappa shape index (κ1) is 14.4. The summed E-state index contributed by atoms with van der Waals surface area (Å²) in [6, 6.07) is 5.39. The van der Waals surface area contributed by atoms with Crippen LogP contribution in [0.25, 0.3) is 0 Å². The lowest BCUT2D eigenvalue weighted by atomic mass is 10.1. The van der Waals surface area contributed by atoms with Gasteiger partial charge in [-0.2, -0.15) is 0 Å². The highest BCUT2D eigenvalue weighted by molar-refractivity contribution is 8.00. The standard InChI is InChI=1S/C15H18N2O3S/c1-9(12-3-2-6-20-12)16-15(19)10-4-5-13-11(7-10)17-14(18)8-21-13/h4-5,7,9,12H,2-3,6,8H2,1H3,(H,16,19)(H,17,18)/t9-,12-/m1/s1. The van der Waals surface area contributed by atoms with Crippen LogP contribution in [0.5, 0.6) is 0 Å². The van der Waals surface area contributed by atoms with E-state index in [0.29, 0.717) is 17.0 Å². The van der Waals surface area contributed by atoms with Crippen molar-refractivity contribution < 1.29 is 14.3 Å². The minimum atomic E-state index is -0.134. The number of amides is 2. The summed E-state index contributed by atoms with van der Waals surface area (Å²) in [5.74, 6) is 0.262. The van der Waals surface area contributed by atoms with Crippen LogP contribution in [0.4, 0.5) is 5.69 Å². The Morgan fingerprint density at radius 3 is 3.14 bits per heavy atom. The van der Waals surface area contributed by atoms with E-state index >= 15 is 0 Å². The van der Waals surface area contributed by atoms with Gasteiger partial charge in [0, 0.05) is 17.1 Å². The van der Waals surface area contributed by atoms with Gasteiger partial charge in [0.1, 0.15) is 0 Å². The summed E-state index contributed by atoms with van der Waals surface area (Å²) >= 11 is 1.49. The second-order valence-electron chi connectivity index (χ2n) is 5.36. The number of thioether (sulfide) groups is 1. The van der Waals surface area contributed by atoms with Crippen molar-refractivity contribution in [2.24, 2.45) is 0 Å². The molecule has 112 valence electrons. The smallest absolute Gasteiger partial charge is 0.251 e. The lowest BCUT2D eigenvalue weighted by Gasteiger charge is -2.21. The Kier molecular flexibility index (Phi) is 4.17. The van der Waals surface area contributed by atoms with Gasteiger partial charge in [-0.3, -0.25) is 9.59 Å². The van der Waals surface area contributed by atoms with Crippen molar-refractivity contribution in [3.63, 3.8) is 0 Å². The molecule has 1 fully saturated rings. The Bertz CT molecular complexity index is 570. The lowest BCUT2D eigenvalue weighted by Crippen LogP contribution is -2.40. The number of nitrogens with one attached hydrogen (secondary N) is 2. The van der Waals surface area contributed by atoms with Crippen molar-refractivity contribution in [3.8, 4) is 0 Å². The predicted molar refractivity (Wildman–Crippen MR) is 81.7 cm³/mol. The van der Waals surface area contributed by atoms with E-state index in [0.717, 1.165) is 24.3 Å². The maximum atomic E-state index is 12.3. The molecule has 2 atom stereocenters. The Balaban J connectivity index is 1.69. The number of benzene rings is 1. The number of rotatable bonds is 3. The fourth-order valence-corrected chi connectivity index (χ4v) is 3.39. The van der Waals surface area contributed by atoms with Crippen molar-refractivity contribution in [2.45, 2.75) is 36.8 Å². The average molecular weight is 306 g/mol. The average Bonchev–Trinajstić information content (AvgIpc) is 3.00. The van der Waals surface area contributed by atoms with Crippen LogP contribution in [0, 0.1) is 0 Å². The molecular formula is C15H18N2O3S. The molecule has 1 saturated heterocycles. The molecular weight excluding hydrogens is 288 g/mol.